The average molecular weight is 443 g/mol. The standard InChI is InChI=1S/C22H22N2O4S2/c1-14-23-20(12-29-14)16-8-6-15(7-9-16)10-17-13-30(27,28)21-5-3-2-4-18(21)19(17)11-22(25)24-26/h2-9,12,17,19,26H,10-11,13H2,1H3,(H,24,25). The van der Waals surface area contributed by atoms with Gasteiger partial charge in [0.2, 0.25) is 5.91 Å². The predicted octanol–water partition coefficient (Wildman–Crippen LogP) is 3.74. The van der Waals surface area contributed by atoms with Gasteiger partial charge in [0.05, 0.1) is 21.3 Å². The number of aryl methyl sites for hydroxylation is 1. The summed E-state index contributed by atoms with van der Waals surface area (Å²) >= 11 is 1.60. The number of fused-ring (bicyclic) bond motifs is 1. The highest BCUT2D eigenvalue weighted by Crippen LogP contribution is 2.41. The average Bonchev–Trinajstić information content (AvgIpc) is 3.17. The third kappa shape index (κ3) is 4.16. The number of thiazole rings is 1. The third-order valence-electron chi connectivity index (χ3n) is 5.55. The number of carbonyl (C=O) groups excluding carboxylic acids is 1. The molecule has 0 saturated heterocycles. The Morgan fingerprint density at radius 3 is 2.60 bits per heavy atom. The number of nitrogens with zero attached hydrogens (tertiary/aromatic N) is 1. The third-order valence-corrected chi connectivity index (χ3v) is 8.24. The van der Waals surface area contributed by atoms with E-state index in [2.05, 4.69) is 4.98 Å². The Labute approximate surface area is 179 Å². The number of nitrogens with one attached hydrogen (secondary N) is 1. The van der Waals surface area contributed by atoms with Crippen LogP contribution >= 0.6 is 11.3 Å². The van der Waals surface area contributed by atoms with Gasteiger partial charge in [0.1, 0.15) is 0 Å². The summed E-state index contributed by atoms with van der Waals surface area (Å²) in [6.45, 7) is 1.96. The number of carbonyl (C=O) groups is 1. The first-order chi connectivity index (χ1) is 14.4. The Kier molecular flexibility index (Phi) is 5.73. The Balaban J connectivity index is 1.64. The molecule has 1 amide bonds. The van der Waals surface area contributed by atoms with Crippen LogP contribution in [0.4, 0.5) is 0 Å². The smallest absolute Gasteiger partial charge is 0.243 e. The minimum atomic E-state index is -3.44. The number of amides is 1. The van der Waals surface area contributed by atoms with Crippen molar-refractivity contribution in [2.24, 2.45) is 5.92 Å². The summed E-state index contributed by atoms with van der Waals surface area (Å²) in [6, 6.07) is 14.8. The Morgan fingerprint density at radius 1 is 1.20 bits per heavy atom. The molecule has 30 heavy (non-hydrogen) atoms. The zero-order chi connectivity index (χ0) is 21.3. The molecule has 8 heteroatoms. The minimum Gasteiger partial charge on any atom is -0.289 e. The molecule has 156 valence electrons. The normalized spacial score (nSPS) is 19.8. The molecule has 0 fully saturated rings. The second-order valence-electron chi connectivity index (χ2n) is 7.58. The summed E-state index contributed by atoms with van der Waals surface area (Å²) < 4.78 is 25.7. The summed E-state index contributed by atoms with van der Waals surface area (Å²) in [4.78, 5) is 16.7. The van der Waals surface area contributed by atoms with E-state index in [-0.39, 0.29) is 28.9 Å². The van der Waals surface area contributed by atoms with Crippen molar-refractivity contribution in [2.45, 2.75) is 30.6 Å². The van der Waals surface area contributed by atoms with Gasteiger partial charge in [-0.05, 0) is 42.4 Å². The molecule has 0 spiro atoms. The van der Waals surface area contributed by atoms with Gasteiger partial charge in [-0.2, -0.15) is 0 Å². The summed E-state index contributed by atoms with van der Waals surface area (Å²) in [6.07, 6.45) is 0.553. The van der Waals surface area contributed by atoms with E-state index >= 15 is 0 Å². The molecular weight excluding hydrogens is 420 g/mol. The topological polar surface area (TPSA) is 96.4 Å². The van der Waals surface area contributed by atoms with Crippen molar-refractivity contribution in [1.29, 1.82) is 0 Å². The molecule has 3 aromatic rings. The molecule has 2 aromatic carbocycles. The predicted molar refractivity (Wildman–Crippen MR) is 115 cm³/mol. The van der Waals surface area contributed by atoms with Gasteiger partial charge in [-0.25, -0.2) is 18.9 Å². The summed E-state index contributed by atoms with van der Waals surface area (Å²) in [5.74, 6) is -1.11. The number of aromatic nitrogens is 1. The molecule has 2 atom stereocenters. The van der Waals surface area contributed by atoms with Crippen LogP contribution in [0.1, 0.15) is 28.5 Å². The Bertz CT molecular complexity index is 1170. The molecular formula is C22H22N2O4S2. The maximum atomic E-state index is 12.9. The van der Waals surface area contributed by atoms with Gasteiger partial charge < -0.3 is 0 Å². The highest BCUT2D eigenvalue weighted by Gasteiger charge is 2.38. The lowest BCUT2D eigenvalue weighted by Crippen LogP contribution is -2.34. The number of benzene rings is 2. The van der Waals surface area contributed by atoms with E-state index < -0.39 is 15.7 Å². The fraction of sp³-hybridized carbons (Fsp3) is 0.273. The van der Waals surface area contributed by atoms with Crippen molar-refractivity contribution in [3.63, 3.8) is 0 Å². The highest BCUT2D eigenvalue weighted by atomic mass is 32.2. The van der Waals surface area contributed by atoms with E-state index in [0.29, 0.717) is 12.0 Å². The lowest BCUT2D eigenvalue weighted by Gasteiger charge is -2.33. The highest BCUT2D eigenvalue weighted by molar-refractivity contribution is 7.91. The van der Waals surface area contributed by atoms with Crippen molar-refractivity contribution in [1.82, 2.24) is 10.5 Å². The van der Waals surface area contributed by atoms with E-state index in [1.165, 1.54) is 0 Å². The quantitative estimate of drug-likeness (QED) is 0.463. The number of hydrogen-bond donors (Lipinski definition) is 2. The van der Waals surface area contributed by atoms with Crippen molar-refractivity contribution < 1.29 is 18.4 Å². The van der Waals surface area contributed by atoms with E-state index in [1.807, 2.05) is 36.6 Å². The van der Waals surface area contributed by atoms with Crippen LogP contribution in [0, 0.1) is 12.8 Å². The fourth-order valence-corrected chi connectivity index (χ4v) is 6.73. The first-order valence-corrected chi connectivity index (χ1v) is 12.2. The molecule has 1 aliphatic rings. The van der Waals surface area contributed by atoms with Crippen LogP contribution in [0.25, 0.3) is 11.3 Å². The van der Waals surface area contributed by atoms with E-state index in [1.54, 1.807) is 41.1 Å². The molecule has 0 radical (unpaired) electrons. The molecule has 0 saturated carbocycles. The lowest BCUT2D eigenvalue weighted by molar-refractivity contribution is -0.129. The van der Waals surface area contributed by atoms with Gasteiger partial charge in [-0.1, -0.05) is 42.5 Å². The van der Waals surface area contributed by atoms with Crippen LogP contribution in [0.15, 0.2) is 58.8 Å². The number of sulfone groups is 1. The summed E-state index contributed by atoms with van der Waals surface area (Å²) in [7, 11) is -3.44. The molecule has 1 aromatic heterocycles. The number of rotatable bonds is 5. The largest absolute Gasteiger partial charge is 0.289 e. The molecule has 2 N–H and O–H groups in total. The van der Waals surface area contributed by atoms with Crippen LogP contribution < -0.4 is 5.48 Å². The maximum Gasteiger partial charge on any atom is 0.243 e. The van der Waals surface area contributed by atoms with Crippen LogP contribution in [-0.4, -0.2) is 30.3 Å². The first-order valence-electron chi connectivity index (χ1n) is 9.63. The van der Waals surface area contributed by atoms with Gasteiger partial charge >= 0.3 is 0 Å². The number of hydrogen-bond acceptors (Lipinski definition) is 6. The fourth-order valence-electron chi connectivity index (χ4n) is 4.15. The Morgan fingerprint density at radius 2 is 1.93 bits per heavy atom. The van der Waals surface area contributed by atoms with Gasteiger partial charge in [0, 0.05) is 17.4 Å². The second-order valence-corrected chi connectivity index (χ2v) is 10.6. The van der Waals surface area contributed by atoms with Crippen LogP contribution in [0.5, 0.6) is 0 Å². The summed E-state index contributed by atoms with van der Waals surface area (Å²) in [5.41, 5.74) is 5.27. The van der Waals surface area contributed by atoms with Gasteiger partial charge in [0.25, 0.3) is 0 Å². The van der Waals surface area contributed by atoms with E-state index in [9.17, 15) is 13.2 Å². The van der Waals surface area contributed by atoms with Gasteiger partial charge in [-0.15, -0.1) is 11.3 Å². The Hall–Kier alpha value is -2.55. The second kappa shape index (κ2) is 8.29. The van der Waals surface area contributed by atoms with Crippen molar-refractivity contribution >= 4 is 27.1 Å². The summed E-state index contributed by atoms with van der Waals surface area (Å²) in [5, 5.41) is 12.0. The zero-order valence-electron chi connectivity index (χ0n) is 16.4. The van der Waals surface area contributed by atoms with Gasteiger partial charge in [0.15, 0.2) is 9.84 Å². The van der Waals surface area contributed by atoms with Crippen LogP contribution in [-0.2, 0) is 21.1 Å². The maximum absolute atomic E-state index is 12.9. The van der Waals surface area contributed by atoms with E-state index in [0.717, 1.165) is 21.8 Å². The molecule has 0 bridgehead atoms. The first kappa shape index (κ1) is 20.7. The molecule has 4 rings (SSSR count). The molecule has 2 unspecified atom stereocenters. The molecule has 0 aliphatic carbocycles. The van der Waals surface area contributed by atoms with Crippen LogP contribution in [0.2, 0.25) is 0 Å². The molecule has 1 aliphatic heterocycles. The van der Waals surface area contributed by atoms with Gasteiger partial charge in [-0.3, -0.25) is 10.0 Å². The van der Waals surface area contributed by atoms with Crippen molar-refractivity contribution in [3.05, 3.63) is 70.0 Å². The molecule has 6 nitrogen and oxygen atoms in total. The minimum absolute atomic E-state index is 0.0274. The SMILES string of the molecule is Cc1nc(-c2ccc(CC3CS(=O)(=O)c4ccccc4C3CC(=O)NO)cc2)cs1. The lowest BCUT2D eigenvalue weighted by atomic mass is 9.80. The number of hydroxylamine groups is 1. The molecule has 2 heterocycles. The van der Waals surface area contributed by atoms with Crippen molar-refractivity contribution in [2.75, 3.05) is 5.75 Å². The van der Waals surface area contributed by atoms with Crippen molar-refractivity contribution in [3.8, 4) is 11.3 Å². The van der Waals surface area contributed by atoms with Crippen LogP contribution in [0.3, 0.4) is 0 Å². The zero-order valence-corrected chi connectivity index (χ0v) is 18.0. The monoisotopic (exact) mass is 442 g/mol. The van der Waals surface area contributed by atoms with E-state index in [4.69, 9.17) is 5.21 Å².